The lowest BCUT2D eigenvalue weighted by Crippen LogP contribution is -2.31. The van der Waals surface area contributed by atoms with E-state index in [1.165, 1.54) is 0 Å². The first-order valence-corrected chi connectivity index (χ1v) is 3.40. The Morgan fingerprint density at radius 2 is 2.45 bits per heavy atom. The zero-order valence-corrected chi connectivity index (χ0v) is 6.94. The summed E-state index contributed by atoms with van der Waals surface area (Å²) in [6.07, 6.45) is 3.28. The van der Waals surface area contributed by atoms with Gasteiger partial charge in [0.05, 0.1) is 14.1 Å². The van der Waals surface area contributed by atoms with Gasteiger partial charge < -0.3 is 5.11 Å². The molecule has 60 valence electrons. The molecule has 1 aromatic heterocycles. The van der Waals surface area contributed by atoms with Gasteiger partial charge in [-0.1, -0.05) is 0 Å². The van der Waals surface area contributed by atoms with Gasteiger partial charge in [0.1, 0.15) is 0 Å². The number of aromatic nitrogens is 3. The lowest BCUT2D eigenvalue weighted by atomic mass is 10.4. The van der Waals surface area contributed by atoms with E-state index in [4.69, 9.17) is 0 Å². The first kappa shape index (κ1) is 7.78. The van der Waals surface area contributed by atoms with Gasteiger partial charge in [-0.05, 0) is 13.0 Å². The fourth-order valence-electron chi connectivity index (χ4n) is 0.968. The maximum Gasteiger partial charge on any atom is 0.301 e. The summed E-state index contributed by atoms with van der Waals surface area (Å²) < 4.78 is 3.38. The van der Waals surface area contributed by atoms with Gasteiger partial charge in [0.2, 0.25) is 0 Å². The Morgan fingerprint density at radius 1 is 1.82 bits per heavy atom. The quantitative estimate of drug-likeness (QED) is 0.462. The van der Waals surface area contributed by atoms with Crippen molar-refractivity contribution in [3.63, 3.8) is 0 Å². The molecule has 1 heterocycles. The van der Waals surface area contributed by atoms with E-state index in [0.717, 1.165) is 0 Å². The fourth-order valence-corrected chi connectivity index (χ4v) is 0.968. The Hall–Kier alpha value is -1.32. The third kappa shape index (κ3) is 1.24. The summed E-state index contributed by atoms with van der Waals surface area (Å²) in [5.41, 5.74) is 0. The third-order valence-corrected chi connectivity index (χ3v) is 1.54. The highest BCUT2D eigenvalue weighted by atomic mass is 16.3. The average Bonchev–Trinajstić information content (AvgIpc) is 2.30. The van der Waals surface area contributed by atoms with E-state index < -0.39 is 0 Å². The van der Waals surface area contributed by atoms with E-state index >= 15 is 0 Å². The highest BCUT2D eigenvalue weighted by Crippen LogP contribution is 2.01. The molecule has 0 amide bonds. The Kier molecular flexibility index (Phi) is 1.94. The minimum absolute atomic E-state index is 0.243. The van der Waals surface area contributed by atoms with Crippen molar-refractivity contribution in [2.75, 3.05) is 0 Å². The van der Waals surface area contributed by atoms with Crippen molar-refractivity contribution >= 4 is 5.76 Å². The Balaban J connectivity index is 3.21. The van der Waals surface area contributed by atoms with Crippen LogP contribution in [0.4, 0.5) is 0 Å². The zero-order valence-electron chi connectivity index (χ0n) is 6.94. The zero-order chi connectivity index (χ0) is 8.43. The number of hydrogen-bond donors (Lipinski definition) is 1. The minimum atomic E-state index is 0.243. The largest absolute Gasteiger partial charge is 0.502 e. The predicted octanol–water partition coefficient (Wildman–Crippen LogP) is 0.163. The first-order valence-electron chi connectivity index (χ1n) is 3.40. The number of aliphatic hydroxyl groups excluding tert-OH is 1. The summed E-state index contributed by atoms with van der Waals surface area (Å²) in [6, 6.07) is 0. The van der Waals surface area contributed by atoms with Crippen LogP contribution in [0.2, 0.25) is 0 Å². The summed E-state index contributed by atoms with van der Waals surface area (Å²) >= 11 is 0. The monoisotopic (exact) mass is 154 g/mol. The van der Waals surface area contributed by atoms with Crippen LogP contribution in [0.5, 0.6) is 0 Å². The summed E-state index contributed by atoms with van der Waals surface area (Å²) in [6.45, 7) is 1.78. The molecular formula is C7H12N3O+. The van der Waals surface area contributed by atoms with Crippen LogP contribution in [0, 0.1) is 0 Å². The second-order valence-electron chi connectivity index (χ2n) is 2.36. The van der Waals surface area contributed by atoms with Crippen LogP contribution in [0.1, 0.15) is 12.7 Å². The van der Waals surface area contributed by atoms with Crippen molar-refractivity contribution in [2.24, 2.45) is 14.1 Å². The van der Waals surface area contributed by atoms with Gasteiger partial charge in [0.15, 0.2) is 5.76 Å². The van der Waals surface area contributed by atoms with Gasteiger partial charge in [-0.25, -0.2) is 4.57 Å². The predicted molar refractivity (Wildman–Crippen MR) is 40.7 cm³/mol. The average molecular weight is 154 g/mol. The van der Waals surface area contributed by atoms with E-state index in [9.17, 15) is 5.11 Å². The minimum Gasteiger partial charge on any atom is -0.502 e. The van der Waals surface area contributed by atoms with Gasteiger partial charge in [-0.2, -0.15) is 0 Å². The number of aliphatic hydroxyl groups is 1. The molecule has 0 aromatic carbocycles. The molecule has 0 radical (unpaired) electrons. The van der Waals surface area contributed by atoms with Crippen molar-refractivity contribution in [1.82, 2.24) is 9.78 Å². The van der Waals surface area contributed by atoms with Gasteiger partial charge in [-0.15, -0.1) is 4.68 Å². The van der Waals surface area contributed by atoms with Crippen molar-refractivity contribution < 1.29 is 9.67 Å². The fraction of sp³-hybridized carbons (Fsp3) is 0.429. The number of nitrogens with zero attached hydrogens (tertiary/aromatic N) is 3. The number of allylic oxidation sites excluding steroid dienone is 1. The Labute approximate surface area is 65.4 Å². The molecule has 0 spiro atoms. The molecular weight excluding hydrogens is 142 g/mol. The van der Waals surface area contributed by atoms with Gasteiger partial charge in [-0.3, -0.25) is 0 Å². The van der Waals surface area contributed by atoms with E-state index in [1.54, 1.807) is 35.6 Å². The Morgan fingerprint density at radius 3 is 2.82 bits per heavy atom. The van der Waals surface area contributed by atoms with E-state index in [2.05, 4.69) is 5.10 Å². The van der Waals surface area contributed by atoms with Crippen molar-refractivity contribution in [1.29, 1.82) is 0 Å². The topological polar surface area (TPSA) is 41.9 Å². The number of rotatable bonds is 1. The molecule has 0 unspecified atom stereocenters. The first-order chi connectivity index (χ1) is 5.16. The van der Waals surface area contributed by atoms with Crippen LogP contribution in [0.3, 0.4) is 0 Å². The standard InChI is InChI=1S/C7H11N3O/c1-4-6(11)7-9(2)5-8-10(7)3/h4-5H,1-3H3/p+1/b6-4-. The smallest absolute Gasteiger partial charge is 0.301 e. The molecule has 0 saturated heterocycles. The summed E-state index contributed by atoms with van der Waals surface area (Å²) in [5, 5.41) is 13.3. The third-order valence-electron chi connectivity index (χ3n) is 1.54. The molecule has 0 atom stereocenters. The van der Waals surface area contributed by atoms with Crippen molar-refractivity contribution in [2.45, 2.75) is 6.92 Å². The molecule has 0 aliphatic heterocycles. The molecule has 0 fully saturated rings. The van der Waals surface area contributed by atoms with Crippen molar-refractivity contribution in [3.05, 3.63) is 18.2 Å². The maximum atomic E-state index is 9.36. The second kappa shape index (κ2) is 2.74. The van der Waals surface area contributed by atoms with Crippen LogP contribution in [-0.2, 0) is 14.1 Å². The van der Waals surface area contributed by atoms with Crippen LogP contribution < -0.4 is 4.57 Å². The van der Waals surface area contributed by atoms with Crippen LogP contribution in [-0.4, -0.2) is 14.9 Å². The van der Waals surface area contributed by atoms with Gasteiger partial charge >= 0.3 is 5.82 Å². The lowest BCUT2D eigenvalue weighted by Gasteiger charge is -1.93. The molecule has 11 heavy (non-hydrogen) atoms. The Bertz CT molecular complexity index is 268. The van der Waals surface area contributed by atoms with E-state index in [1.807, 2.05) is 7.05 Å². The SMILES string of the molecule is C/C=C(\O)c1n(C)nc[n+]1C. The van der Waals surface area contributed by atoms with Gasteiger partial charge in [0.25, 0.3) is 6.33 Å². The molecule has 0 bridgehead atoms. The second-order valence-corrected chi connectivity index (χ2v) is 2.36. The van der Waals surface area contributed by atoms with Crippen LogP contribution in [0.25, 0.3) is 5.76 Å². The highest BCUT2D eigenvalue weighted by molar-refractivity contribution is 5.47. The van der Waals surface area contributed by atoms with Gasteiger partial charge in [0, 0.05) is 5.10 Å². The molecule has 0 aliphatic rings. The summed E-state index contributed by atoms with van der Waals surface area (Å²) in [7, 11) is 3.62. The summed E-state index contributed by atoms with van der Waals surface area (Å²) in [4.78, 5) is 0. The summed E-state index contributed by atoms with van der Waals surface area (Å²) in [5.74, 6) is 0.944. The lowest BCUT2D eigenvalue weighted by molar-refractivity contribution is -0.675. The van der Waals surface area contributed by atoms with E-state index in [-0.39, 0.29) is 5.76 Å². The normalized spacial score (nSPS) is 12.1. The van der Waals surface area contributed by atoms with Crippen molar-refractivity contribution in [3.8, 4) is 0 Å². The molecule has 1 rings (SSSR count). The molecule has 1 N–H and O–H groups in total. The highest BCUT2D eigenvalue weighted by Gasteiger charge is 2.15. The van der Waals surface area contributed by atoms with Crippen LogP contribution in [0.15, 0.2) is 12.4 Å². The number of hydrogen-bond acceptors (Lipinski definition) is 2. The molecule has 4 heteroatoms. The van der Waals surface area contributed by atoms with Crippen LogP contribution >= 0.6 is 0 Å². The maximum absolute atomic E-state index is 9.36. The molecule has 1 aromatic rings. The molecule has 0 aliphatic carbocycles. The van der Waals surface area contributed by atoms with E-state index in [0.29, 0.717) is 5.82 Å². The number of aryl methyl sites for hydroxylation is 2. The molecule has 4 nitrogen and oxygen atoms in total. The molecule has 0 saturated carbocycles.